The smallest absolute Gasteiger partial charge is 0.316 e. The maximum Gasteiger partial charge on any atom is 0.316 e. The highest BCUT2D eigenvalue weighted by Crippen LogP contribution is 2.35. The summed E-state index contributed by atoms with van der Waals surface area (Å²) in [6, 6.07) is 4.57. The van der Waals surface area contributed by atoms with E-state index in [4.69, 9.17) is 5.73 Å². The summed E-state index contributed by atoms with van der Waals surface area (Å²) >= 11 is 0. The number of carbonyl (C=O) groups is 6. The molecule has 0 aromatic heterocycles. The van der Waals surface area contributed by atoms with E-state index in [9.17, 15) is 28.8 Å². The third-order valence-corrected chi connectivity index (χ3v) is 9.64. The number of urea groups is 1. The molecule has 2 aliphatic carbocycles. The SMILES string of the molecule is CC(C)[C@@H]1C[C@@H](C(=O)NC(CC2CC2)C(=O)C(N)=O)N(C(=O)[C@@H](NC(=O)N[C@H](C(=O)c2ccccc2)C2CCC2)C(C)(C)C)C1. The maximum absolute atomic E-state index is 14.3. The molecule has 4 rings (SSSR count). The molecular weight excluding hydrogens is 574 g/mol. The van der Waals surface area contributed by atoms with Gasteiger partial charge in [0.1, 0.15) is 12.1 Å². The van der Waals surface area contributed by atoms with Crippen molar-refractivity contribution in [3.63, 3.8) is 0 Å². The van der Waals surface area contributed by atoms with Gasteiger partial charge in [0.25, 0.3) is 5.91 Å². The summed E-state index contributed by atoms with van der Waals surface area (Å²) in [6.45, 7) is 9.84. The normalized spacial score (nSPS) is 22.1. The van der Waals surface area contributed by atoms with Crippen molar-refractivity contribution in [2.24, 2.45) is 34.8 Å². The first-order chi connectivity index (χ1) is 21.2. The predicted octanol–water partition coefficient (Wildman–Crippen LogP) is 2.96. The third kappa shape index (κ3) is 8.49. The number of primary amides is 1. The molecule has 1 aliphatic heterocycles. The molecule has 5 atom stereocenters. The molecule has 0 radical (unpaired) electrons. The van der Waals surface area contributed by atoms with E-state index >= 15 is 0 Å². The average molecular weight is 624 g/mol. The molecule has 3 fully saturated rings. The fourth-order valence-electron chi connectivity index (χ4n) is 6.28. The number of benzene rings is 1. The Morgan fingerprint density at radius 3 is 2.07 bits per heavy atom. The van der Waals surface area contributed by atoms with Crippen molar-refractivity contribution in [1.82, 2.24) is 20.9 Å². The molecule has 11 heteroatoms. The van der Waals surface area contributed by atoms with E-state index in [0.717, 1.165) is 32.1 Å². The Morgan fingerprint density at radius 1 is 0.911 bits per heavy atom. The highest BCUT2D eigenvalue weighted by Gasteiger charge is 2.47. The number of rotatable bonds is 13. The van der Waals surface area contributed by atoms with Gasteiger partial charge in [-0.2, -0.15) is 0 Å². The van der Waals surface area contributed by atoms with Crippen LogP contribution in [0.5, 0.6) is 0 Å². The maximum atomic E-state index is 14.3. The largest absolute Gasteiger partial charge is 0.363 e. The summed E-state index contributed by atoms with van der Waals surface area (Å²) in [5, 5.41) is 8.45. The van der Waals surface area contributed by atoms with Crippen LogP contribution in [0.1, 0.15) is 89.9 Å². The van der Waals surface area contributed by atoms with Crippen LogP contribution in [0.25, 0.3) is 0 Å². The zero-order valence-electron chi connectivity index (χ0n) is 27.1. The first-order valence-corrected chi connectivity index (χ1v) is 16.3. The first-order valence-electron chi connectivity index (χ1n) is 16.3. The van der Waals surface area contributed by atoms with Crippen molar-refractivity contribution in [2.45, 2.75) is 104 Å². The molecule has 5 N–H and O–H groups in total. The standard InChI is InChI=1S/C34H49N5O6/c1-19(2)23-17-25(31(43)36-24(16-20-14-15-20)28(41)30(35)42)39(18-23)32(44)29(34(3,4)5)38-33(45)37-26(21-12-9-13-21)27(40)22-10-7-6-8-11-22/h6-8,10-11,19-21,23-26,29H,9,12-18H2,1-5H3,(H2,35,42)(H,36,43)(H2,37,38,45)/t23-,24?,25+,26+,29-/m1/s1. The number of nitrogens with zero attached hydrogens (tertiary/aromatic N) is 1. The molecule has 11 nitrogen and oxygen atoms in total. The number of nitrogens with one attached hydrogen (secondary N) is 3. The second kappa shape index (κ2) is 14.1. The Hall–Kier alpha value is -3.76. The van der Waals surface area contributed by atoms with Gasteiger partial charge in [0.2, 0.25) is 17.6 Å². The first kappa shape index (κ1) is 34.1. The number of carbonyl (C=O) groups excluding carboxylic acids is 6. The molecule has 246 valence electrons. The van der Waals surface area contributed by atoms with E-state index in [1.165, 1.54) is 4.90 Å². The van der Waals surface area contributed by atoms with Gasteiger partial charge in [0.15, 0.2) is 5.78 Å². The minimum absolute atomic E-state index is 0.0115. The topological polar surface area (TPSA) is 168 Å². The molecule has 5 amide bonds. The highest BCUT2D eigenvalue weighted by atomic mass is 16.2. The van der Waals surface area contributed by atoms with Crippen molar-refractivity contribution in [2.75, 3.05) is 6.54 Å². The van der Waals surface area contributed by atoms with Crippen LogP contribution in [0.2, 0.25) is 0 Å². The minimum Gasteiger partial charge on any atom is -0.363 e. The van der Waals surface area contributed by atoms with Crippen molar-refractivity contribution in [1.29, 1.82) is 0 Å². The fraction of sp³-hybridized carbons (Fsp3) is 0.647. The second-order valence-electron chi connectivity index (χ2n) is 14.5. The van der Waals surface area contributed by atoms with Gasteiger partial charge >= 0.3 is 6.03 Å². The molecule has 0 spiro atoms. The Balaban J connectivity index is 1.52. The van der Waals surface area contributed by atoms with E-state index in [0.29, 0.717) is 24.9 Å². The fourth-order valence-corrected chi connectivity index (χ4v) is 6.28. The van der Waals surface area contributed by atoms with Gasteiger partial charge in [0.05, 0.1) is 12.1 Å². The second-order valence-corrected chi connectivity index (χ2v) is 14.5. The molecule has 1 aromatic rings. The Morgan fingerprint density at radius 2 is 1.56 bits per heavy atom. The van der Waals surface area contributed by atoms with E-state index in [-0.39, 0.29) is 29.5 Å². The number of amides is 5. The number of Topliss-reactive ketones (excluding diaryl/α,β-unsaturated/α-hetero) is 2. The third-order valence-electron chi connectivity index (χ3n) is 9.64. The number of hydrogen-bond donors (Lipinski definition) is 4. The van der Waals surface area contributed by atoms with E-state index in [1.807, 2.05) is 40.7 Å². The number of hydrogen-bond acceptors (Lipinski definition) is 6. The van der Waals surface area contributed by atoms with Crippen LogP contribution in [0.4, 0.5) is 4.79 Å². The lowest BCUT2D eigenvalue weighted by Gasteiger charge is -2.37. The molecule has 3 aliphatic rings. The number of nitrogens with two attached hydrogens (primary N) is 1. The summed E-state index contributed by atoms with van der Waals surface area (Å²) in [6.07, 6.45) is 5.19. The molecule has 1 unspecified atom stereocenters. The molecule has 2 saturated carbocycles. The Bertz CT molecular complexity index is 1280. The van der Waals surface area contributed by atoms with E-state index in [1.54, 1.807) is 24.3 Å². The van der Waals surface area contributed by atoms with Crippen LogP contribution < -0.4 is 21.7 Å². The van der Waals surface area contributed by atoms with Gasteiger partial charge in [-0.05, 0) is 54.8 Å². The lowest BCUT2D eigenvalue weighted by molar-refractivity contribution is -0.143. The van der Waals surface area contributed by atoms with Gasteiger partial charge in [-0.25, -0.2) is 4.79 Å². The zero-order valence-corrected chi connectivity index (χ0v) is 27.1. The lowest BCUT2D eigenvalue weighted by atomic mass is 9.77. The summed E-state index contributed by atoms with van der Waals surface area (Å²) < 4.78 is 0. The lowest BCUT2D eigenvalue weighted by Crippen LogP contribution is -2.61. The molecule has 1 aromatic carbocycles. The average Bonchev–Trinajstić information content (AvgIpc) is 3.65. The number of ketones is 2. The van der Waals surface area contributed by atoms with Gasteiger partial charge in [-0.3, -0.25) is 24.0 Å². The van der Waals surface area contributed by atoms with Crippen LogP contribution in [0.3, 0.4) is 0 Å². The molecule has 45 heavy (non-hydrogen) atoms. The van der Waals surface area contributed by atoms with Gasteiger partial charge < -0.3 is 26.6 Å². The summed E-state index contributed by atoms with van der Waals surface area (Å²) in [5.41, 5.74) is 5.05. The number of likely N-dealkylation sites (tertiary alicyclic amines) is 1. The van der Waals surface area contributed by atoms with Gasteiger partial charge in [0, 0.05) is 12.1 Å². The molecule has 1 heterocycles. The van der Waals surface area contributed by atoms with Crippen LogP contribution in [0, 0.1) is 29.1 Å². The van der Waals surface area contributed by atoms with E-state index in [2.05, 4.69) is 16.0 Å². The van der Waals surface area contributed by atoms with E-state index < -0.39 is 59.1 Å². The van der Waals surface area contributed by atoms with Gasteiger partial charge in [-0.1, -0.05) is 84.2 Å². The van der Waals surface area contributed by atoms with Crippen molar-refractivity contribution >= 4 is 35.3 Å². The summed E-state index contributed by atoms with van der Waals surface area (Å²) in [5.74, 6) is -2.61. The summed E-state index contributed by atoms with van der Waals surface area (Å²) in [7, 11) is 0. The molecule has 0 bridgehead atoms. The predicted molar refractivity (Wildman–Crippen MR) is 169 cm³/mol. The highest BCUT2D eigenvalue weighted by molar-refractivity contribution is 6.37. The van der Waals surface area contributed by atoms with Crippen LogP contribution in [0.15, 0.2) is 30.3 Å². The van der Waals surface area contributed by atoms with Crippen molar-refractivity contribution in [3.8, 4) is 0 Å². The monoisotopic (exact) mass is 623 g/mol. The Kier molecular flexibility index (Phi) is 10.7. The van der Waals surface area contributed by atoms with Crippen LogP contribution in [-0.4, -0.2) is 70.9 Å². The molecular formula is C34H49N5O6. The zero-order chi connectivity index (χ0) is 33.1. The van der Waals surface area contributed by atoms with Crippen molar-refractivity contribution < 1.29 is 28.8 Å². The van der Waals surface area contributed by atoms with Gasteiger partial charge in [-0.15, -0.1) is 0 Å². The molecule has 1 saturated heterocycles. The minimum atomic E-state index is -1.10. The Labute approximate surface area is 265 Å². The summed E-state index contributed by atoms with van der Waals surface area (Å²) in [4.78, 5) is 80.6. The van der Waals surface area contributed by atoms with Crippen molar-refractivity contribution in [3.05, 3.63) is 35.9 Å². The van der Waals surface area contributed by atoms with Crippen LogP contribution in [-0.2, 0) is 19.2 Å². The van der Waals surface area contributed by atoms with Crippen LogP contribution >= 0.6 is 0 Å². The quantitative estimate of drug-likeness (QED) is 0.195.